The number of aliphatic hydroxyl groups is 1. The van der Waals surface area contributed by atoms with Gasteiger partial charge < -0.3 is 15.6 Å². The average Bonchev–Trinajstić information content (AvgIpc) is 2.20. The maximum atomic E-state index is 12.9. The van der Waals surface area contributed by atoms with Crippen molar-refractivity contribution in [3.8, 4) is 0 Å². The zero-order valence-corrected chi connectivity index (χ0v) is 9.25. The number of nitrogen functional groups attached to an aromatic ring is 1. The van der Waals surface area contributed by atoms with Crippen LogP contribution >= 0.6 is 15.9 Å². The predicted molar refractivity (Wildman–Crippen MR) is 55.9 cm³/mol. The molecule has 6 heteroatoms. The highest BCUT2D eigenvalue weighted by Gasteiger charge is 2.14. The van der Waals surface area contributed by atoms with Crippen molar-refractivity contribution in [3.05, 3.63) is 28.0 Å². The number of benzene rings is 1. The molecule has 0 spiro atoms. The van der Waals surface area contributed by atoms with E-state index in [2.05, 4.69) is 20.7 Å². The summed E-state index contributed by atoms with van der Waals surface area (Å²) in [6, 6.07) is 2.27. The Morgan fingerprint density at radius 3 is 2.87 bits per heavy atom. The summed E-state index contributed by atoms with van der Waals surface area (Å²) in [5.74, 6) is -1.27. The monoisotopic (exact) mass is 277 g/mol. The lowest BCUT2D eigenvalue weighted by atomic mass is 10.2. The molecule has 0 radical (unpaired) electrons. The van der Waals surface area contributed by atoms with Gasteiger partial charge in [0, 0.05) is 4.47 Å². The lowest BCUT2D eigenvalue weighted by molar-refractivity contribution is 0.0432. The Morgan fingerprint density at radius 2 is 2.27 bits per heavy atom. The van der Waals surface area contributed by atoms with Crippen molar-refractivity contribution in [2.45, 2.75) is 0 Å². The summed E-state index contributed by atoms with van der Waals surface area (Å²) in [6.45, 7) is -0.372. The molecule has 0 saturated carbocycles. The van der Waals surface area contributed by atoms with Gasteiger partial charge in [-0.15, -0.1) is 0 Å². The second kappa shape index (κ2) is 5.09. The molecule has 0 bridgehead atoms. The van der Waals surface area contributed by atoms with Gasteiger partial charge in [-0.3, -0.25) is 0 Å². The van der Waals surface area contributed by atoms with Gasteiger partial charge >= 0.3 is 5.97 Å². The third kappa shape index (κ3) is 2.90. The number of carbonyl (C=O) groups is 1. The Bertz CT molecular complexity index is 384. The SMILES string of the molecule is Nc1cc(C(=O)OCCO)c(Br)cc1F. The van der Waals surface area contributed by atoms with E-state index in [0.29, 0.717) is 0 Å². The Kier molecular flexibility index (Phi) is 4.05. The number of halogens is 2. The van der Waals surface area contributed by atoms with Crippen molar-refractivity contribution in [1.82, 2.24) is 0 Å². The fourth-order valence-corrected chi connectivity index (χ4v) is 1.42. The molecular weight excluding hydrogens is 269 g/mol. The summed E-state index contributed by atoms with van der Waals surface area (Å²) in [4.78, 5) is 11.3. The minimum atomic E-state index is -0.664. The number of esters is 1. The topological polar surface area (TPSA) is 72.6 Å². The molecule has 3 N–H and O–H groups in total. The highest BCUT2D eigenvalue weighted by atomic mass is 79.9. The van der Waals surface area contributed by atoms with Gasteiger partial charge in [-0.25, -0.2) is 9.18 Å². The average molecular weight is 278 g/mol. The van der Waals surface area contributed by atoms with Crippen LogP contribution in [0, 0.1) is 5.82 Å². The van der Waals surface area contributed by atoms with Crippen LogP contribution < -0.4 is 5.73 Å². The van der Waals surface area contributed by atoms with Crippen LogP contribution in [0.4, 0.5) is 10.1 Å². The summed E-state index contributed by atoms with van der Waals surface area (Å²) in [5, 5.41) is 8.46. The summed E-state index contributed by atoms with van der Waals surface area (Å²) in [6.07, 6.45) is 0. The number of rotatable bonds is 3. The Labute approximate surface area is 94.0 Å². The molecule has 0 aliphatic heterocycles. The van der Waals surface area contributed by atoms with E-state index >= 15 is 0 Å². The molecule has 0 aliphatic carbocycles. The molecule has 0 atom stereocenters. The van der Waals surface area contributed by atoms with Crippen LogP contribution in [-0.4, -0.2) is 24.3 Å². The molecule has 4 nitrogen and oxygen atoms in total. The van der Waals surface area contributed by atoms with E-state index in [1.807, 2.05) is 0 Å². The molecule has 0 aliphatic rings. The van der Waals surface area contributed by atoms with E-state index < -0.39 is 11.8 Å². The minimum Gasteiger partial charge on any atom is -0.460 e. The molecule has 0 fully saturated rings. The predicted octanol–water partition coefficient (Wildman–Crippen LogP) is 1.32. The molecule has 1 rings (SSSR count). The third-order valence-corrected chi connectivity index (χ3v) is 2.29. The van der Waals surface area contributed by atoms with E-state index in [0.717, 1.165) is 6.07 Å². The highest BCUT2D eigenvalue weighted by Crippen LogP contribution is 2.23. The van der Waals surface area contributed by atoms with Crippen LogP contribution in [0.3, 0.4) is 0 Å². The van der Waals surface area contributed by atoms with E-state index in [4.69, 9.17) is 10.8 Å². The first-order valence-electron chi connectivity index (χ1n) is 4.08. The van der Waals surface area contributed by atoms with E-state index in [9.17, 15) is 9.18 Å². The van der Waals surface area contributed by atoms with E-state index in [1.165, 1.54) is 6.07 Å². The zero-order valence-electron chi connectivity index (χ0n) is 7.67. The molecular formula is C9H9BrFNO3. The van der Waals surface area contributed by atoms with E-state index in [-0.39, 0.29) is 28.9 Å². The Balaban J connectivity index is 2.94. The van der Waals surface area contributed by atoms with Crippen molar-refractivity contribution in [1.29, 1.82) is 0 Å². The van der Waals surface area contributed by atoms with Gasteiger partial charge in [-0.1, -0.05) is 0 Å². The van der Waals surface area contributed by atoms with Crippen molar-refractivity contribution in [2.75, 3.05) is 18.9 Å². The van der Waals surface area contributed by atoms with Crippen molar-refractivity contribution < 1.29 is 19.0 Å². The molecule has 0 heterocycles. The van der Waals surface area contributed by atoms with Crippen LogP contribution in [0.15, 0.2) is 16.6 Å². The molecule has 15 heavy (non-hydrogen) atoms. The first-order chi connectivity index (χ1) is 7.06. The molecule has 0 saturated heterocycles. The van der Waals surface area contributed by atoms with Crippen LogP contribution in [0.25, 0.3) is 0 Å². The molecule has 0 unspecified atom stereocenters. The second-order valence-corrected chi connectivity index (χ2v) is 3.57. The summed E-state index contributed by atoms with van der Waals surface area (Å²) >= 11 is 3.01. The molecule has 82 valence electrons. The lowest BCUT2D eigenvalue weighted by Gasteiger charge is -2.06. The largest absolute Gasteiger partial charge is 0.460 e. The number of aliphatic hydroxyl groups excluding tert-OH is 1. The van der Waals surface area contributed by atoms with Crippen LogP contribution in [0.5, 0.6) is 0 Å². The highest BCUT2D eigenvalue weighted by molar-refractivity contribution is 9.10. The molecule has 1 aromatic rings. The van der Waals surface area contributed by atoms with Gasteiger partial charge in [0.1, 0.15) is 12.4 Å². The summed E-state index contributed by atoms with van der Waals surface area (Å²) in [5.41, 5.74) is 5.30. The van der Waals surface area contributed by atoms with Gasteiger partial charge in [-0.05, 0) is 28.1 Å². The Hall–Kier alpha value is -1.14. The number of nitrogens with two attached hydrogens (primary N) is 1. The van der Waals surface area contributed by atoms with E-state index in [1.54, 1.807) is 0 Å². The number of hydrogen-bond acceptors (Lipinski definition) is 4. The molecule has 1 aromatic carbocycles. The van der Waals surface area contributed by atoms with Crippen LogP contribution in [0.2, 0.25) is 0 Å². The summed E-state index contributed by atoms with van der Waals surface area (Å²) < 4.78 is 17.8. The normalized spacial score (nSPS) is 10.1. The molecule has 0 aromatic heterocycles. The van der Waals surface area contributed by atoms with Gasteiger partial charge in [0.05, 0.1) is 17.9 Å². The van der Waals surface area contributed by atoms with Gasteiger partial charge in [0.2, 0.25) is 0 Å². The number of hydrogen-bond donors (Lipinski definition) is 2. The minimum absolute atomic E-state index is 0.109. The summed E-state index contributed by atoms with van der Waals surface area (Å²) in [7, 11) is 0. The maximum Gasteiger partial charge on any atom is 0.339 e. The zero-order chi connectivity index (χ0) is 11.4. The van der Waals surface area contributed by atoms with Crippen molar-refractivity contribution in [2.24, 2.45) is 0 Å². The lowest BCUT2D eigenvalue weighted by Crippen LogP contribution is -2.10. The molecule has 0 amide bonds. The third-order valence-electron chi connectivity index (χ3n) is 1.63. The smallest absolute Gasteiger partial charge is 0.339 e. The van der Waals surface area contributed by atoms with Crippen LogP contribution in [0.1, 0.15) is 10.4 Å². The maximum absolute atomic E-state index is 12.9. The quantitative estimate of drug-likeness (QED) is 0.646. The number of ether oxygens (including phenoxy) is 1. The van der Waals surface area contributed by atoms with Gasteiger partial charge in [0.25, 0.3) is 0 Å². The fraction of sp³-hybridized carbons (Fsp3) is 0.222. The van der Waals surface area contributed by atoms with Gasteiger partial charge in [-0.2, -0.15) is 0 Å². The Morgan fingerprint density at radius 1 is 1.60 bits per heavy atom. The van der Waals surface area contributed by atoms with Gasteiger partial charge in [0.15, 0.2) is 0 Å². The van der Waals surface area contributed by atoms with Crippen LogP contribution in [-0.2, 0) is 4.74 Å². The standard InChI is InChI=1S/C9H9BrFNO3/c10-6-4-7(11)8(12)3-5(6)9(14)15-2-1-13/h3-4,13H,1-2,12H2. The fourth-order valence-electron chi connectivity index (χ4n) is 0.938. The first kappa shape index (κ1) is 11.9. The number of carbonyl (C=O) groups excluding carboxylic acids is 1. The van der Waals surface area contributed by atoms with Crippen molar-refractivity contribution >= 4 is 27.6 Å². The second-order valence-electron chi connectivity index (χ2n) is 2.71. The van der Waals surface area contributed by atoms with Crippen molar-refractivity contribution in [3.63, 3.8) is 0 Å². The first-order valence-corrected chi connectivity index (χ1v) is 4.88. The number of anilines is 1.